The molecule has 0 amide bonds. The van der Waals surface area contributed by atoms with Gasteiger partial charge in [-0.1, -0.05) is 12.1 Å². The first-order valence-corrected chi connectivity index (χ1v) is 7.72. The van der Waals surface area contributed by atoms with Gasteiger partial charge in [0.2, 0.25) is 0 Å². The van der Waals surface area contributed by atoms with E-state index in [1.165, 1.54) is 22.2 Å². The predicted molar refractivity (Wildman–Crippen MR) is 88.4 cm³/mol. The Morgan fingerprint density at radius 3 is 2.68 bits per heavy atom. The summed E-state index contributed by atoms with van der Waals surface area (Å²) in [5.41, 5.74) is 4.79. The fraction of sp³-hybridized carbons (Fsp3) is 0.278. The molecule has 1 fully saturated rings. The molecule has 0 spiro atoms. The van der Waals surface area contributed by atoms with Crippen molar-refractivity contribution in [2.24, 2.45) is 0 Å². The Balaban J connectivity index is 1.50. The monoisotopic (exact) mass is 293 g/mol. The maximum absolute atomic E-state index is 5.40. The number of rotatable bonds is 3. The summed E-state index contributed by atoms with van der Waals surface area (Å²) in [5, 5.41) is 1.17. The zero-order valence-electron chi connectivity index (χ0n) is 12.5. The number of hydrogen-bond donors (Lipinski definition) is 1. The summed E-state index contributed by atoms with van der Waals surface area (Å²) in [6.45, 7) is 3.61. The summed E-state index contributed by atoms with van der Waals surface area (Å²) in [4.78, 5) is 9.95. The summed E-state index contributed by atoms with van der Waals surface area (Å²) in [6.07, 6.45) is 4.80. The van der Waals surface area contributed by atoms with Crippen molar-refractivity contribution in [2.75, 3.05) is 31.2 Å². The van der Waals surface area contributed by atoms with Crippen LogP contribution in [0.25, 0.3) is 11.0 Å². The standard InChI is InChI=1S/C18H19N3O/c1-3-17(21-7-9-22-10-8-21)4-2-14(1)11-15-12-16-5-6-19-18(16)20-13-15/h1-6,12-13H,7-11H2,(H,19,20). The van der Waals surface area contributed by atoms with E-state index in [1.54, 1.807) is 0 Å². The number of ether oxygens (including phenoxy) is 1. The van der Waals surface area contributed by atoms with Gasteiger partial charge in [0.25, 0.3) is 0 Å². The normalized spacial score (nSPS) is 15.4. The molecule has 4 nitrogen and oxygen atoms in total. The molecule has 22 heavy (non-hydrogen) atoms. The van der Waals surface area contributed by atoms with Crippen molar-refractivity contribution in [3.8, 4) is 0 Å². The Bertz CT molecular complexity index is 757. The molecule has 0 saturated carbocycles. The van der Waals surface area contributed by atoms with Gasteiger partial charge in [-0.25, -0.2) is 4.98 Å². The van der Waals surface area contributed by atoms with Crippen molar-refractivity contribution in [2.45, 2.75) is 6.42 Å². The van der Waals surface area contributed by atoms with Crippen molar-refractivity contribution < 1.29 is 4.74 Å². The number of H-pyrrole nitrogens is 1. The molecule has 1 N–H and O–H groups in total. The number of aromatic nitrogens is 2. The number of pyridine rings is 1. The summed E-state index contributed by atoms with van der Waals surface area (Å²) >= 11 is 0. The van der Waals surface area contributed by atoms with Gasteiger partial charge in [-0.05, 0) is 41.8 Å². The molecule has 0 atom stereocenters. The second kappa shape index (κ2) is 5.81. The van der Waals surface area contributed by atoms with Crippen LogP contribution in [0.3, 0.4) is 0 Å². The molecule has 3 aromatic rings. The highest BCUT2D eigenvalue weighted by Gasteiger charge is 2.10. The SMILES string of the molecule is c1cc2cc(Cc3ccc(N4CCOCC4)cc3)cnc2[nH]1. The van der Waals surface area contributed by atoms with Crippen molar-refractivity contribution in [1.29, 1.82) is 0 Å². The molecule has 0 bridgehead atoms. The second-order valence-corrected chi connectivity index (χ2v) is 5.70. The van der Waals surface area contributed by atoms with Crippen molar-refractivity contribution in [1.82, 2.24) is 9.97 Å². The molecule has 3 heterocycles. The highest BCUT2D eigenvalue weighted by atomic mass is 16.5. The Hall–Kier alpha value is -2.33. The van der Waals surface area contributed by atoms with Gasteiger partial charge in [-0.15, -0.1) is 0 Å². The summed E-state index contributed by atoms with van der Waals surface area (Å²) in [5.74, 6) is 0. The molecule has 0 unspecified atom stereocenters. The Morgan fingerprint density at radius 1 is 1.05 bits per heavy atom. The quantitative estimate of drug-likeness (QED) is 0.807. The molecule has 4 rings (SSSR count). The molecule has 0 radical (unpaired) electrons. The number of morpholine rings is 1. The third kappa shape index (κ3) is 2.70. The number of benzene rings is 1. The van der Waals surface area contributed by atoms with Crippen LogP contribution in [-0.2, 0) is 11.2 Å². The highest BCUT2D eigenvalue weighted by Crippen LogP contribution is 2.19. The number of aromatic amines is 1. The Kier molecular flexibility index (Phi) is 3.52. The molecule has 1 saturated heterocycles. The van der Waals surface area contributed by atoms with Gasteiger partial charge in [0.15, 0.2) is 0 Å². The minimum Gasteiger partial charge on any atom is -0.378 e. The largest absolute Gasteiger partial charge is 0.378 e. The smallest absolute Gasteiger partial charge is 0.137 e. The highest BCUT2D eigenvalue weighted by molar-refractivity contribution is 5.75. The number of anilines is 1. The van der Waals surface area contributed by atoms with Crippen LogP contribution in [0.1, 0.15) is 11.1 Å². The molecule has 1 aromatic carbocycles. The Labute approximate surface area is 129 Å². The van der Waals surface area contributed by atoms with Crippen LogP contribution >= 0.6 is 0 Å². The van der Waals surface area contributed by atoms with Gasteiger partial charge in [0.05, 0.1) is 13.2 Å². The fourth-order valence-corrected chi connectivity index (χ4v) is 2.96. The lowest BCUT2D eigenvalue weighted by Gasteiger charge is -2.28. The van der Waals surface area contributed by atoms with Gasteiger partial charge in [-0.3, -0.25) is 0 Å². The lowest BCUT2D eigenvalue weighted by Crippen LogP contribution is -2.36. The Morgan fingerprint density at radius 2 is 1.86 bits per heavy atom. The first-order chi connectivity index (χ1) is 10.9. The van der Waals surface area contributed by atoms with Crippen LogP contribution in [0.15, 0.2) is 48.8 Å². The van der Waals surface area contributed by atoms with E-state index in [9.17, 15) is 0 Å². The third-order valence-electron chi connectivity index (χ3n) is 4.18. The van der Waals surface area contributed by atoms with E-state index in [0.717, 1.165) is 38.4 Å². The minimum atomic E-state index is 0.824. The lowest BCUT2D eigenvalue weighted by molar-refractivity contribution is 0.122. The average molecular weight is 293 g/mol. The summed E-state index contributed by atoms with van der Waals surface area (Å²) in [7, 11) is 0. The van der Waals surface area contributed by atoms with Gasteiger partial charge < -0.3 is 14.6 Å². The molecule has 2 aromatic heterocycles. The van der Waals surface area contributed by atoms with Crippen LogP contribution < -0.4 is 4.90 Å². The van der Waals surface area contributed by atoms with E-state index >= 15 is 0 Å². The van der Waals surface area contributed by atoms with E-state index in [-0.39, 0.29) is 0 Å². The van der Waals surface area contributed by atoms with Crippen LogP contribution in [0.5, 0.6) is 0 Å². The molecule has 4 heteroatoms. The summed E-state index contributed by atoms with van der Waals surface area (Å²) in [6, 6.07) is 13.1. The van der Waals surface area contributed by atoms with Gasteiger partial charge in [0, 0.05) is 36.6 Å². The molecular formula is C18H19N3O. The van der Waals surface area contributed by atoms with E-state index < -0.39 is 0 Å². The number of hydrogen-bond acceptors (Lipinski definition) is 3. The van der Waals surface area contributed by atoms with Crippen LogP contribution in [-0.4, -0.2) is 36.3 Å². The van der Waals surface area contributed by atoms with Crippen molar-refractivity contribution in [3.63, 3.8) is 0 Å². The fourth-order valence-electron chi connectivity index (χ4n) is 2.96. The van der Waals surface area contributed by atoms with Crippen LogP contribution in [0.4, 0.5) is 5.69 Å². The van der Waals surface area contributed by atoms with Gasteiger partial charge in [0.1, 0.15) is 5.65 Å². The molecular weight excluding hydrogens is 274 g/mol. The van der Waals surface area contributed by atoms with E-state index in [4.69, 9.17) is 4.74 Å². The third-order valence-corrected chi connectivity index (χ3v) is 4.18. The number of nitrogens with zero attached hydrogens (tertiary/aromatic N) is 2. The maximum atomic E-state index is 5.40. The molecule has 0 aliphatic carbocycles. The molecule has 1 aliphatic heterocycles. The lowest BCUT2D eigenvalue weighted by atomic mass is 10.1. The van der Waals surface area contributed by atoms with Crippen molar-refractivity contribution in [3.05, 3.63) is 59.9 Å². The van der Waals surface area contributed by atoms with Gasteiger partial charge >= 0.3 is 0 Å². The average Bonchev–Trinajstić information content (AvgIpc) is 3.04. The second-order valence-electron chi connectivity index (χ2n) is 5.70. The predicted octanol–water partition coefficient (Wildman–Crippen LogP) is 2.99. The molecule has 112 valence electrons. The zero-order valence-corrected chi connectivity index (χ0v) is 12.5. The topological polar surface area (TPSA) is 41.1 Å². The number of fused-ring (bicyclic) bond motifs is 1. The van der Waals surface area contributed by atoms with Crippen LogP contribution in [0.2, 0.25) is 0 Å². The van der Waals surface area contributed by atoms with E-state index in [0.29, 0.717) is 0 Å². The number of nitrogens with one attached hydrogen (secondary N) is 1. The minimum absolute atomic E-state index is 0.824. The first kappa shape index (κ1) is 13.3. The first-order valence-electron chi connectivity index (χ1n) is 7.72. The van der Waals surface area contributed by atoms with Crippen molar-refractivity contribution >= 4 is 16.7 Å². The van der Waals surface area contributed by atoms with Crippen LogP contribution in [0, 0.1) is 0 Å². The van der Waals surface area contributed by atoms with Gasteiger partial charge in [-0.2, -0.15) is 0 Å². The molecule has 1 aliphatic rings. The van der Waals surface area contributed by atoms with E-state index in [2.05, 4.69) is 51.3 Å². The van der Waals surface area contributed by atoms with E-state index in [1.807, 2.05) is 12.4 Å². The summed E-state index contributed by atoms with van der Waals surface area (Å²) < 4.78 is 5.40. The zero-order chi connectivity index (χ0) is 14.8. The maximum Gasteiger partial charge on any atom is 0.137 e.